The van der Waals surface area contributed by atoms with Crippen LogP contribution < -0.4 is 0 Å². The Morgan fingerprint density at radius 1 is 1.14 bits per heavy atom. The van der Waals surface area contributed by atoms with Crippen LogP contribution in [0.25, 0.3) is 0 Å². The smallest absolute Gasteiger partial charge is 0.364 e. The number of ketones is 1. The van der Waals surface area contributed by atoms with Gasteiger partial charge in [0, 0.05) is 25.9 Å². The van der Waals surface area contributed by atoms with Crippen molar-refractivity contribution in [2.75, 3.05) is 7.11 Å². The van der Waals surface area contributed by atoms with Crippen molar-refractivity contribution in [1.82, 2.24) is 0 Å². The van der Waals surface area contributed by atoms with Crippen LogP contribution >= 0.6 is 0 Å². The van der Waals surface area contributed by atoms with E-state index in [1.54, 1.807) is 0 Å². The third-order valence-corrected chi connectivity index (χ3v) is 6.68. The van der Waals surface area contributed by atoms with Gasteiger partial charge < -0.3 is 14.9 Å². The second-order valence-corrected chi connectivity index (χ2v) is 8.69. The fraction of sp³-hybridized carbons (Fsp3) is 0.826. The third kappa shape index (κ3) is 7.00. The molecule has 0 aromatic carbocycles. The van der Waals surface area contributed by atoms with Crippen LogP contribution in [0.2, 0.25) is 0 Å². The molecule has 2 saturated carbocycles. The minimum atomic E-state index is -2.09. The highest BCUT2D eigenvalue weighted by molar-refractivity contribution is 5.83. The Balaban J connectivity index is 1.71. The molecule has 0 aliphatic heterocycles. The lowest BCUT2D eigenvalue weighted by Crippen LogP contribution is -2.40. The van der Waals surface area contributed by atoms with Gasteiger partial charge in [-0.25, -0.2) is 4.79 Å². The molecule has 2 aliphatic rings. The SMILES string of the molecule is COC(O)(CCCCC[C@H]1C(=O)CC[C@@H]1C=CCC1CCCCCC1)C(=O)O. The van der Waals surface area contributed by atoms with E-state index in [0.717, 1.165) is 38.0 Å². The van der Waals surface area contributed by atoms with Crippen LogP contribution in [0, 0.1) is 17.8 Å². The predicted molar refractivity (Wildman–Crippen MR) is 109 cm³/mol. The summed E-state index contributed by atoms with van der Waals surface area (Å²) < 4.78 is 4.71. The van der Waals surface area contributed by atoms with Gasteiger partial charge in [-0.05, 0) is 37.5 Å². The summed E-state index contributed by atoms with van der Waals surface area (Å²) >= 11 is 0. The zero-order valence-corrected chi connectivity index (χ0v) is 17.4. The number of hydrogen-bond donors (Lipinski definition) is 2. The van der Waals surface area contributed by atoms with Crippen LogP contribution in [0.1, 0.15) is 89.9 Å². The summed E-state index contributed by atoms with van der Waals surface area (Å²) in [6.07, 6.45) is 18.8. The van der Waals surface area contributed by atoms with E-state index in [1.165, 1.54) is 45.6 Å². The Labute approximate surface area is 169 Å². The number of ether oxygens (including phenoxy) is 1. The average Bonchev–Trinajstić information content (AvgIpc) is 2.87. The molecule has 5 heteroatoms. The van der Waals surface area contributed by atoms with Gasteiger partial charge in [0.25, 0.3) is 5.79 Å². The Bertz CT molecular complexity index is 521. The Kier molecular flexibility index (Phi) is 9.66. The van der Waals surface area contributed by atoms with E-state index >= 15 is 0 Å². The molecule has 2 aliphatic carbocycles. The summed E-state index contributed by atoms with van der Waals surface area (Å²) in [5, 5.41) is 18.8. The first kappa shape index (κ1) is 23.1. The number of rotatable bonds is 11. The number of methoxy groups -OCH3 is 1. The maximum atomic E-state index is 12.3. The monoisotopic (exact) mass is 394 g/mol. The van der Waals surface area contributed by atoms with Crippen molar-refractivity contribution >= 4 is 11.8 Å². The van der Waals surface area contributed by atoms with Crippen LogP contribution in [0.15, 0.2) is 12.2 Å². The molecule has 2 N–H and O–H groups in total. The number of carboxylic acid groups (broad SMARTS) is 1. The molecule has 2 fully saturated rings. The molecular weight excluding hydrogens is 356 g/mol. The largest absolute Gasteiger partial charge is 0.477 e. The van der Waals surface area contributed by atoms with Crippen LogP contribution in [-0.2, 0) is 14.3 Å². The molecule has 0 radical (unpaired) electrons. The van der Waals surface area contributed by atoms with Gasteiger partial charge in [0.2, 0.25) is 0 Å². The highest BCUT2D eigenvalue weighted by Crippen LogP contribution is 2.34. The second kappa shape index (κ2) is 11.7. The summed E-state index contributed by atoms with van der Waals surface area (Å²) in [6.45, 7) is 0. The number of aliphatic hydroxyl groups is 1. The summed E-state index contributed by atoms with van der Waals surface area (Å²) in [5.41, 5.74) is 0. The van der Waals surface area contributed by atoms with Gasteiger partial charge in [0.15, 0.2) is 0 Å². The van der Waals surface area contributed by atoms with Crippen molar-refractivity contribution in [3.8, 4) is 0 Å². The quantitative estimate of drug-likeness (QED) is 0.226. The maximum absolute atomic E-state index is 12.3. The van der Waals surface area contributed by atoms with E-state index in [0.29, 0.717) is 24.5 Å². The zero-order chi connectivity index (χ0) is 20.4. The lowest BCUT2D eigenvalue weighted by molar-refractivity contribution is -0.216. The van der Waals surface area contributed by atoms with E-state index in [1.807, 2.05) is 0 Å². The van der Waals surface area contributed by atoms with Gasteiger partial charge in [0.05, 0.1) is 0 Å². The highest BCUT2D eigenvalue weighted by atomic mass is 16.6. The fourth-order valence-corrected chi connectivity index (χ4v) is 4.79. The van der Waals surface area contributed by atoms with Gasteiger partial charge in [-0.15, -0.1) is 0 Å². The van der Waals surface area contributed by atoms with Crippen molar-refractivity contribution in [2.24, 2.45) is 17.8 Å². The van der Waals surface area contributed by atoms with Crippen molar-refractivity contribution in [1.29, 1.82) is 0 Å². The van der Waals surface area contributed by atoms with Crippen molar-refractivity contribution in [3.63, 3.8) is 0 Å². The minimum absolute atomic E-state index is 0.0716. The van der Waals surface area contributed by atoms with Crippen LogP contribution in [0.3, 0.4) is 0 Å². The Morgan fingerprint density at radius 2 is 1.86 bits per heavy atom. The van der Waals surface area contributed by atoms with Gasteiger partial charge in [-0.3, -0.25) is 4.79 Å². The number of unbranched alkanes of at least 4 members (excludes halogenated alkanes) is 2. The molecule has 0 bridgehead atoms. The van der Waals surface area contributed by atoms with Crippen LogP contribution in [-0.4, -0.2) is 34.9 Å². The maximum Gasteiger partial charge on any atom is 0.364 e. The molecule has 0 amide bonds. The lowest BCUT2D eigenvalue weighted by Gasteiger charge is -2.21. The number of carbonyl (C=O) groups is 2. The minimum Gasteiger partial charge on any atom is -0.477 e. The second-order valence-electron chi connectivity index (χ2n) is 8.69. The van der Waals surface area contributed by atoms with Crippen molar-refractivity contribution in [3.05, 3.63) is 12.2 Å². The summed E-state index contributed by atoms with van der Waals surface area (Å²) in [6, 6.07) is 0. The fourth-order valence-electron chi connectivity index (χ4n) is 4.79. The topological polar surface area (TPSA) is 83.8 Å². The van der Waals surface area contributed by atoms with E-state index < -0.39 is 11.8 Å². The molecule has 0 saturated heterocycles. The standard InChI is InChI=1S/C23H38O5/c1-28-23(27,22(25)26)17-8-4-7-14-20-19(15-16-21(20)24)13-9-12-18-10-5-2-3-6-11-18/h9,13,18-20,27H,2-8,10-12,14-17H2,1H3,(H,25,26)/t19-,20+,23?/m0/s1. The first-order valence-electron chi connectivity index (χ1n) is 11.2. The number of aliphatic carboxylic acids is 1. The van der Waals surface area contributed by atoms with E-state index in [-0.39, 0.29) is 12.3 Å². The lowest BCUT2D eigenvalue weighted by atomic mass is 9.88. The molecule has 160 valence electrons. The zero-order valence-electron chi connectivity index (χ0n) is 17.4. The summed E-state index contributed by atoms with van der Waals surface area (Å²) in [4.78, 5) is 23.3. The Morgan fingerprint density at radius 3 is 2.50 bits per heavy atom. The normalized spacial score (nSPS) is 26.4. The summed E-state index contributed by atoms with van der Waals surface area (Å²) in [7, 11) is 1.21. The van der Waals surface area contributed by atoms with Gasteiger partial charge in [0.1, 0.15) is 5.78 Å². The molecule has 5 nitrogen and oxygen atoms in total. The van der Waals surface area contributed by atoms with E-state index in [4.69, 9.17) is 9.84 Å². The van der Waals surface area contributed by atoms with Gasteiger partial charge in [-0.2, -0.15) is 0 Å². The van der Waals surface area contributed by atoms with Crippen LogP contribution in [0.5, 0.6) is 0 Å². The molecule has 0 aromatic rings. The van der Waals surface area contributed by atoms with Crippen LogP contribution in [0.4, 0.5) is 0 Å². The predicted octanol–water partition coefficient (Wildman–Crippen LogP) is 4.87. The molecule has 1 unspecified atom stereocenters. The van der Waals surface area contributed by atoms with Gasteiger partial charge in [-0.1, -0.05) is 63.5 Å². The van der Waals surface area contributed by atoms with E-state index in [2.05, 4.69) is 12.2 Å². The number of carbonyl (C=O) groups excluding carboxylic acids is 1. The third-order valence-electron chi connectivity index (χ3n) is 6.68. The molecule has 0 spiro atoms. The molecule has 0 heterocycles. The molecule has 28 heavy (non-hydrogen) atoms. The number of Topliss-reactive ketones (excluding diaryl/α,β-unsaturated/α-hetero) is 1. The highest BCUT2D eigenvalue weighted by Gasteiger charge is 2.35. The average molecular weight is 395 g/mol. The van der Waals surface area contributed by atoms with Gasteiger partial charge >= 0.3 is 5.97 Å². The van der Waals surface area contributed by atoms with Crippen molar-refractivity contribution < 1.29 is 24.5 Å². The van der Waals surface area contributed by atoms with Crippen molar-refractivity contribution in [2.45, 2.75) is 95.7 Å². The molecular formula is C23H38O5. The molecule has 0 aromatic heterocycles. The first-order valence-corrected chi connectivity index (χ1v) is 11.2. The first-order chi connectivity index (χ1) is 13.5. The Hall–Kier alpha value is -1.20. The number of allylic oxidation sites excluding steroid dienone is 2. The number of hydrogen-bond acceptors (Lipinski definition) is 4. The number of carboxylic acids is 1. The summed E-state index contributed by atoms with van der Waals surface area (Å²) in [5.74, 6) is -1.75. The molecule has 3 atom stereocenters. The van der Waals surface area contributed by atoms with E-state index in [9.17, 15) is 14.7 Å². The molecule has 2 rings (SSSR count).